The van der Waals surface area contributed by atoms with Crippen LogP contribution >= 0.6 is 39.1 Å². The number of anilines is 1. The van der Waals surface area contributed by atoms with Crippen LogP contribution in [0.5, 0.6) is 0 Å². The van der Waals surface area contributed by atoms with E-state index in [1.807, 2.05) is 19.1 Å². The average Bonchev–Trinajstić information content (AvgIpc) is 2.72. The van der Waals surface area contributed by atoms with E-state index in [0.29, 0.717) is 15.7 Å². The lowest BCUT2D eigenvalue weighted by molar-refractivity contribution is -0.116. The van der Waals surface area contributed by atoms with Crippen molar-refractivity contribution in [3.63, 3.8) is 0 Å². The minimum absolute atomic E-state index is 0.0281. The van der Waals surface area contributed by atoms with Gasteiger partial charge in [0.2, 0.25) is 15.9 Å². The van der Waals surface area contributed by atoms with Gasteiger partial charge in [-0.1, -0.05) is 57.3 Å². The number of hydrogen-bond donors (Lipinski definition) is 1. The Morgan fingerprint density at radius 1 is 1.00 bits per heavy atom. The van der Waals surface area contributed by atoms with E-state index >= 15 is 0 Å². The summed E-state index contributed by atoms with van der Waals surface area (Å²) in [5.74, 6) is -0.477. The molecule has 0 fully saturated rings. The second-order valence-corrected chi connectivity index (χ2v) is 10.6. The largest absolute Gasteiger partial charge is 0.325 e. The van der Waals surface area contributed by atoms with Gasteiger partial charge in [-0.2, -0.15) is 4.31 Å². The van der Waals surface area contributed by atoms with Crippen LogP contribution in [-0.2, 0) is 21.4 Å². The maximum absolute atomic E-state index is 13.3. The predicted octanol–water partition coefficient (Wildman–Crippen LogP) is 5.89. The molecule has 0 atom stereocenters. The van der Waals surface area contributed by atoms with Crippen LogP contribution < -0.4 is 5.32 Å². The highest BCUT2D eigenvalue weighted by atomic mass is 79.9. The molecule has 0 bridgehead atoms. The standard InChI is InChI=1S/C22H19BrCl2N2O3S/c1-15-2-9-19(12-21(15)25)26-22(28)14-27(13-16-3-5-17(23)6-4-16)31(29,30)20-10-7-18(24)8-11-20/h2-12H,13-14H2,1H3,(H,26,28). The van der Waals surface area contributed by atoms with Gasteiger partial charge in [0, 0.05) is 26.8 Å². The maximum Gasteiger partial charge on any atom is 0.243 e. The van der Waals surface area contributed by atoms with Crippen LogP contribution in [0, 0.1) is 6.92 Å². The van der Waals surface area contributed by atoms with Crippen molar-refractivity contribution < 1.29 is 13.2 Å². The van der Waals surface area contributed by atoms with Crippen LogP contribution in [0.1, 0.15) is 11.1 Å². The molecule has 1 N–H and O–H groups in total. The van der Waals surface area contributed by atoms with Crippen LogP contribution in [-0.4, -0.2) is 25.2 Å². The molecule has 0 heterocycles. The lowest BCUT2D eigenvalue weighted by atomic mass is 10.2. The third kappa shape index (κ3) is 6.30. The van der Waals surface area contributed by atoms with E-state index in [1.165, 1.54) is 24.3 Å². The van der Waals surface area contributed by atoms with Gasteiger partial charge in [0.15, 0.2) is 0 Å². The highest BCUT2D eigenvalue weighted by Gasteiger charge is 2.27. The first-order valence-corrected chi connectivity index (χ1v) is 12.2. The van der Waals surface area contributed by atoms with E-state index in [9.17, 15) is 13.2 Å². The van der Waals surface area contributed by atoms with Crippen molar-refractivity contribution in [2.45, 2.75) is 18.4 Å². The topological polar surface area (TPSA) is 66.5 Å². The molecular formula is C22H19BrCl2N2O3S. The zero-order valence-corrected chi connectivity index (χ0v) is 20.4. The van der Waals surface area contributed by atoms with Crippen LogP contribution in [0.15, 0.2) is 76.1 Å². The number of sulfonamides is 1. The van der Waals surface area contributed by atoms with E-state index in [1.54, 1.807) is 30.3 Å². The number of carbonyl (C=O) groups is 1. The molecule has 3 rings (SSSR count). The average molecular weight is 542 g/mol. The molecule has 3 aromatic carbocycles. The Hall–Kier alpha value is -1.90. The second-order valence-electron chi connectivity index (χ2n) is 6.87. The fourth-order valence-corrected chi connectivity index (χ4v) is 4.76. The normalized spacial score (nSPS) is 11.5. The monoisotopic (exact) mass is 540 g/mol. The molecule has 0 aliphatic heterocycles. The van der Waals surface area contributed by atoms with E-state index in [-0.39, 0.29) is 18.0 Å². The first-order valence-electron chi connectivity index (χ1n) is 9.21. The Bertz CT molecular complexity index is 1180. The molecule has 1 amide bonds. The second kappa shape index (κ2) is 10.1. The number of aryl methyl sites for hydroxylation is 1. The molecule has 5 nitrogen and oxygen atoms in total. The Morgan fingerprint density at radius 3 is 2.26 bits per heavy atom. The summed E-state index contributed by atoms with van der Waals surface area (Å²) in [6.07, 6.45) is 0. The predicted molar refractivity (Wildman–Crippen MR) is 128 cm³/mol. The first kappa shape index (κ1) is 23.8. The van der Waals surface area contributed by atoms with Crippen molar-refractivity contribution in [2.24, 2.45) is 0 Å². The number of amides is 1. The highest BCUT2D eigenvalue weighted by Crippen LogP contribution is 2.23. The minimum Gasteiger partial charge on any atom is -0.325 e. The Balaban J connectivity index is 1.87. The molecule has 0 aliphatic carbocycles. The van der Waals surface area contributed by atoms with Crippen LogP contribution in [0.25, 0.3) is 0 Å². The van der Waals surface area contributed by atoms with Gasteiger partial charge < -0.3 is 5.32 Å². The fraction of sp³-hybridized carbons (Fsp3) is 0.136. The van der Waals surface area contributed by atoms with E-state index in [4.69, 9.17) is 23.2 Å². The lowest BCUT2D eigenvalue weighted by Crippen LogP contribution is -2.37. The minimum atomic E-state index is -3.95. The van der Waals surface area contributed by atoms with Crippen molar-refractivity contribution in [3.05, 3.63) is 92.4 Å². The number of carbonyl (C=O) groups excluding carboxylic acids is 1. The molecule has 31 heavy (non-hydrogen) atoms. The number of hydrogen-bond acceptors (Lipinski definition) is 3. The molecule has 0 aromatic heterocycles. The SMILES string of the molecule is Cc1ccc(NC(=O)CN(Cc2ccc(Br)cc2)S(=O)(=O)c2ccc(Cl)cc2)cc1Cl. The van der Waals surface area contributed by atoms with Crippen molar-refractivity contribution in [3.8, 4) is 0 Å². The maximum atomic E-state index is 13.3. The summed E-state index contributed by atoms with van der Waals surface area (Å²) >= 11 is 15.4. The first-order chi connectivity index (χ1) is 14.6. The third-order valence-electron chi connectivity index (χ3n) is 4.50. The van der Waals surface area contributed by atoms with Crippen molar-refractivity contribution in [1.82, 2.24) is 4.31 Å². The Morgan fingerprint density at radius 2 is 1.65 bits per heavy atom. The lowest BCUT2D eigenvalue weighted by Gasteiger charge is -2.22. The number of rotatable bonds is 7. The molecule has 0 spiro atoms. The van der Waals surface area contributed by atoms with Crippen LogP contribution in [0.3, 0.4) is 0 Å². The smallest absolute Gasteiger partial charge is 0.243 e. The van der Waals surface area contributed by atoms with Gasteiger partial charge >= 0.3 is 0 Å². The quantitative estimate of drug-likeness (QED) is 0.405. The van der Waals surface area contributed by atoms with Gasteiger partial charge in [-0.3, -0.25) is 4.79 Å². The van der Waals surface area contributed by atoms with E-state index < -0.39 is 15.9 Å². The third-order valence-corrected chi connectivity index (χ3v) is 7.49. The van der Waals surface area contributed by atoms with E-state index in [0.717, 1.165) is 19.9 Å². The van der Waals surface area contributed by atoms with Gasteiger partial charge in [-0.05, 0) is 66.6 Å². The summed E-state index contributed by atoms with van der Waals surface area (Å²) in [5, 5.41) is 3.65. The molecule has 9 heteroatoms. The highest BCUT2D eigenvalue weighted by molar-refractivity contribution is 9.10. The summed E-state index contributed by atoms with van der Waals surface area (Å²) in [6, 6.07) is 18.2. The Kier molecular flexibility index (Phi) is 7.78. The summed E-state index contributed by atoms with van der Waals surface area (Å²) in [7, 11) is -3.95. The summed E-state index contributed by atoms with van der Waals surface area (Å²) < 4.78 is 28.6. The summed E-state index contributed by atoms with van der Waals surface area (Å²) in [5.41, 5.74) is 2.11. The van der Waals surface area contributed by atoms with Gasteiger partial charge in [0.25, 0.3) is 0 Å². The zero-order valence-electron chi connectivity index (χ0n) is 16.5. The summed E-state index contributed by atoms with van der Waals surface area (Å²) in [4.78, 5) is 12.8. The van der Waals surface area contributed by atoms with Crippen molar-refractivity contribution >= 4 is 60.7 Å². The van der Waals surface area contributed by atoms with Gasteiger partial charge in [-0.25, -0.2) is 8.42 Å². The van der Waals surface area contributed by atoms with Gasteiger partial charge in [0.1, 0.15) is 0 Å². The number of halogens is 3. The molecule has 0 aliphatic rings. The molecule has 0 radical (unpaired) electrons. The summed E-state index contributed by atoms with van der Waals surface area (Å²) in [6.45, 7) is 1.51. The molecule has 3 aromatic rings. The van der Waals surface area contributed by atoms with Crippen molar-refractivity contribution in [2.75, 3.05) is 11.9 Å². The molecule has 0 saturated heterocycles. The molecule has 162 valence electrons. The van der Waals surface area contributed by atoms with Crippen molar-refractivity contribution in [1.29, 1.82) is 0 Å². The molecule has 0 saturated carbocycles. The van der Waals surface area contributed by atoms with E-state index in [2.05, 4.69) is 21.2 Å². The van der Waals surface area contributed by atoms with Gasteiger partial charge in [-0.15, -0.1) is 0 Å². The number of benzene rings is 3. The fourth-order valence-electron chi connectivity index (χ4n) is 2.81. The molecule has 0 unspecified atom stereocenters. The van der Waals surface area contributed by atoms with Gasteiger partial charge in [0.05, 0.1) is 11.4 Å². The van der Waals surface area contributed by atoms with Crippen LogP contribution in [0.2, 0.25) is 10.0 Å². The number of nitrogens with zero attached hydrogens (tertiary/aromatic N) is 1. The Labute approximate surface area is 200 Å². The molecular weight excluding hydrogens is 523 g/mol. The van der Waals surface area contributed by atoms with Crippen LogP contribution in [0.4, 0.5) is 5.69 Å². The number of nitrogens with one attached hydrogen (secondary N) is 1. The zero-order chi connectivity index (χ0) is 22.6.